The van der Waals surface area contributed by atoms with Crippen molar-refractivity contribution in [1.29, 1.82) is 0 Å². The van der Waals surface area contributed by atoms with Gasteiger partial charge in [-0.25, -0.2) is 0 Å². The van der Waals surface area contributed by atoms with Gasteiger partial charge in [-0.1, -0.05) is 29.3 Å². The molecule has 2 N–H and O–H groups in total. The van der Waals surface area contributed by atoms with Gasteiger partial charge in [-0.15, -0.1) is 0 Å². The largest absolute Gasteiger partial charge is 0.369 e. The molecule has 1 aliphatic rings. The van der Waals surface area contributed by atoms with Crippen LogP contribution in [0.15, 0.2) is 18.2 Å². The first-order valence-corrected chi connectivity index (χ1v) is 6.79. The fourth-order valence-electron chi connectivity index (χ4n) is 2.21. The lowest BCUT2D eigenvalue weighted by Gasteiger charge is -2.30. The van der Waals surface area contributed by atoms with Crippen molar-refractivity contribution in [1.82, 2.24) is 4.90 Å². The number of halogens is 2. The smallest absolute Gasteiger partial charge is 0.255 e. The van der Waals surface area contributed by atoms with E-state index >= 15 is 0 Å². The van der Waals surface area contributed by atoms with Gasteiger partial charge in [0, 0.05) is 19.0 Å². The molecule has 0 unspecified atom stereocenters. The van der Waals surface area contributed by atoms with Crippen molar-refractivity contribution in [3.8, 4) is 0 Å². The number of nitrogens with zero attached hydrogens (tertiary/aromatic N) is 1. The number of likely N-dealkylation sites (tertiary alicyclic amines) is 1. The molecule has 1 aliphatic heterocycles. The molecule has 2 amide bonds. The van der Waals surface area contributed by atoms with Gasteiger partial charge >= 0.3 is 0 Å². The Labute approximate surface area is 121 Å². The molecule has 1 saturated heterocycles. The van der Waals surface area contributed by atoms with Gasteiger partial charge in [0.25, 0.3) is 5.91 Å². The molecule has 6 heteroatoms. The third-order valence-corrected chi connectivity index (χ3v) is 4.19. The van der Waals surface area contributed by atoms with Gasteiger partial charge in [0.15, 0.2) is 0 Å². The summed E-state index contributed by atoms with van der Waals surface area (Å²) in [7, 11) is 0. The van der Waals surface area contributed by atoms with E-state index in [4.69, 9.17) is 28.9 Å². The number of hydrogen-bond donors (Lipinski definition) is 1. The minimum atomic E-state index is -0.298. The lowest BCUT2D eigenvalue weighted by atomic mass is 9.96. The van der Waals surface area contributed by atoms with Crippen LogP contribution in [-0.4, -0.2) is 29.8 Å². The quantitative estimate of drug-likeness (QED) is 0.911. The molecule has 0 radical (unpaired) electrons. The van der Waals surface area contributed by atoms with Crippen LogP contribution in [-0.2, 0) is 4.79 Å². The maximum absolute atomic E-state index is 12.3. The third kappa shape index (κ3) is 3.01. The summed E-state index contributed by atoms with van der Waals surface area (Å²) in [6.07, 6.45) is 1.19. The Morgan fingerprint density at radius 3 is 2.42 bits per heavy atom. The van der Waals surface area contributed by atoms with Crippen LogP contribution in [0.2, 0.25) is 10.0 Å². The molecular weight excluding hydrogens is 287 g/mol. The highest BCUT2D eigenvalue weighted by atomic mass is 35.5. The van der Waals surface area contributed by atoms with E-state index in [2.05, 4.69) is 0 Å². The van der Waals surface area contributed by atoms with E-state index in [1.807, 2.05) is 0 Å². The van der Waals surface area contributed by atoms with Crippen molar-refractivity contribution < 1.29 is 9.59 Å². The summed E-state index contributed by atoms with van der Waals surface area (Å²) in [5.41, 5.74) is 5.66. The first kappa shape index (κ1) is 14.2. The Hall–Kier alpha value is -1.26. The van der Waals surface area contributed by atoms with E-state index in [0.29, 0.717) is 36.5 Å². The Morgan fingerprint density at radius 1 is 1.21 bits per heavy atom. The van der Waals surface area contributed by atoms with Crippen LogP contribution >= 0.6 is 23.2 Å². The van der Waals surface area contributed by atoms with E-state index in [0.717, 1.165) is 0 Å². The lowest BCUT2D eigenvalue weighted by Crippen LogP contribution is -2.41. The first-order chi connectivity index (χ1) is 9.00. The van der Waals surface area contributed by atoms with Gasteiger partial charge in [-0.3, -0.25) is 9.59 Å². The zero-order valence-electron chi connectivity index (χ0n) is 10.2. The third-order valence-electron chi connectivity index (χ3n) is 3.37. The van der Waals surface area contributed by atoms with Crippen LogP contribution in [0.5, 0.6) is 0 Å². The fourth-order valence-corrected chi connectivity index (χ4v) is 2.59. The summed E-state index contributed by atoms with van der Waals surface area (Å²) in [5.74, 6) is -0.595. The molecule has 0 atom stereocenters. The molecule has 1 fully saturated rings. The van der Waals surface area contributed by atoms with Crippen molar-refractivity contribution in [2.24, 2.45) is 11.7 Å². The van der Waals surface area contributed by atoms with E-state index < -0.39 is 0 Å². The predicted molar refractivity (Wildman–Crippen MR) is 74.3 cm³/mol. The number of carbonyl (C=O) groups excluding carboxylic acids is 2. The summed E-state index contributed by atoms with van der Waals surface area (Å²) in [4.78, 5) is 25.1. The summed E-state index contributed by atoms with van der Waals surface area (Å²) in [6.45, 7) is 1.02. The van der Waals surface area contributed by atoms with Crippen LogP contribution < -0.4 is 5.73 Å². The molecule has 19 heavy (non-hydrogen) atoms. The monoisotopic (exact) mass is 300 g/mol. The highest BCUT2D eigenvalue weighted by molar-refractivity contribution is 6.43. The number of nitrogens with two attached hydrogens (primary N) is 1. The normalized spacial score (nSPS) is 16.4. The first-order valence-electron chi connectivity index (χ1n) is 6.03. The van der Waals surface area contributed by atoms with Crippen LogP contribution in [0.25, 0.3) is 0 Å². The van der Waals surface area contributed by atoms with Gasteiger partial charge in [-0.05, 0) is 25.0 Å². The Kier molecular flexibility index (Phi) is 4.32. The molecule has 0 saturated carbocycles. The topological polar surface area (TPSA) is 63.4 Å². The highest BCUT2D eigenvalue weighted by Crippen LogP contribution is 2.27. The van der Waals surface area contributed by atoms with Crippen molar-refractivity contribution >= 4 is 35.0 Å². The molecule has 0 bridgehead atoms. The zero-order chi connectivity index (χ0) is 14.0. The maximum atomic E-state index is 12.3. The average Bonchev–Trinajstić information content (AvgIpc) is 2.41. The number of amides is 2. The minimum absolute atomic E-state index is 0.140. The second-order valence-electron chi connectivity index (χ2n) is 4.57. The van der Waals surface area contributed by atoms with Gasteiger partial charge in [-0.2, -0.15) is 0 Å². The molecule has 2 rings (SSSR count). The number of carbonyl (C=O) groups is 2. The lowest BCUT2D eigenvalue weighted by molar-refractivity contribution is -0.123. The molecule has 0 spiro atoms. The van der Waals surface area contributed by atoms with E-state index in [9.17, 15) is 9.59 Å². The van der Waals surface area contributed by atoms with Crippen molar-refractivity contribution in [3.05, 3.63) is 33.8 Å². The van der Waals surface area contributed by atoms with Crippen LogP contribution in [0.4, 0.5) is 0 Å². The summed E-state index contributed by atoms with van der Waals surface area (Å²) in [6, 6.07) is 4.98. The summed E-state index contributed by atoms with van der Waals surface area (Å²) in [5, 5.41) is 0.630. The minimum Gasteiger partial charge on any atom is -0.369 e. The fraction of sp³-hybridized carbons (Fsp3) is 0.385. The second kappa shape index (κ2) is 5.80. The summed E-state index contributed by atoms with van der Waals surface area (Å²) < 4.78 is 0. The van der Waals surface area contributed by atoms with Gasteiger partial charge in [0.05, 0.1) is 15.6 Å². The van der Waals surface area contributed by atoms with E-state index in [1.54, 1.807) is 23.1 Å². The number of hydrogen-bond acceptors (Lipinski definition) is 2. The number of rotatable bonds is 2. The van der Waals surface area contributed by atoms with E-state index in [1.165, 1.54) is 0 Å². The summed E-state index contributed by atoms with van der Waals surface area (Å²) >= 11 is 11.9. The molecule has 4 nitrogen and oxygen atoms in total. The van der Waals surface area contributed by atoms with Gasteiger partial charge < -0.3 is 10.6 Å². The Balaban J connectivity index is 2.09. The van der Waals surface area contributed by atoms with Crippen molar-refractivity contribution in [2.75, 3.05) is 13.1 Å². The average molecular weight is 301 g/mol. The zero-order valence-corrected chi connectivity index (χ0v) is 11.7. The Bertz CT molecular complexity index is 511. The van der Waals surface area contributed by atoms with Crippen LogP contribution in [0.3, 0.4) is 0 Å². The molecular formula is C13H14Cl2N2O2. The van der Waals surface area contributed by atoms with Gasteiger partial charge in [0.2, 0.25) is 5.91 Å². The van der Waals surface area contributed by atoms with Crippen LogP contribution in [0, 0.1) is 5.92 Å². The molecule has 0 aliphatic carbocycles. The Morgan fingerprint density at radius 2 is 1.84 bits per heavy atom. The van der Waals surface area contributed by atoms with Crippen molar-refractivity contribution in [2.45, 2.75) is 12.8 Å². The second-order valence-corrected chi connectivity index (χ2v) is 5.36. The molecule has 102 valence electrons. The van der Waals surface area contributed by atoms with Gasteiger partial charge in [0.1, 0.15) is 0 Å². The SMILES string of the molecule is NC(=O)C1CCN(C(=O)c2cccc(Cl)c2Cl)CC1. The van der Waals surface area contributed by atoms with E-state index in [-0.39, 0.29) is 22.8 Å². The molecule has 0 aromatic heterocycles. The predicted octanol–water partition coefficient (Wildman–Crippen LogP) is 2.33. The molecule has 1 aromatic carbocycles. The highest BCUT2D eigenvalue weighted by Gasteiger charge is 2.27. The maximum Gasteiger partial charge on any atom is 0.255 e. The molecule has 1 heterocycles. The molecule has 1 aromatic rings. The van der Waals surface area contributed by atoms with Crippen molar-refractivity contribution in [3.63, 3.8) is 0 Å². The van der Waals surface area contributed by atoms with Crippen LogP contribution in [0.1, 0.15) is 23.2 Å². The number of benzene rings is 1. The standard InChI is InChI=1S/C13H14Cl2N2O2/c14-10-3-1-2-9(11(10)15)13(19)17-6-4-8(5-7-17)12(16)18/h1-3,8H,4-7H2,(H2,16,18). The number of primary amides is 1. The number of piperidine rings is 1.